The molecular weight excluding hydrogens is 1320 g/mol. The Balaban J connectivity index is 0.000000148. The summed E-state index contributed by atoms with van der Waals surface area (Å²) in [4.78, 5) is 4.74. The van der Waals surface area contributed by atoms with Gasteiger partial charge in [-0.3, -0.25) is 0 Å². The van der Waals surface area contributed by atoms with Crippen LogP contribution in [0.2, 0.25) is 0 Å². The number of rotatable bonds is 14. The smallest absolute Gasteiger partial charge is 0.0541 e. The second-order valence-electron chi connectivity index (χ2n) is 28.8. The first-order valence-corrected chi connectivity index (χ1v) is 37.6. The molecule has 0 spiro atoms. The molecule has 1 aliphatic carbocycles. The van der Waals surface area contributed by atoms with Crippen LogP contribution in [-0.2, 0) is 5.41 Å². The van der Waals surface area contributed by atoms with E-state index in [4.69, 9.17) is 0 Å². The zero-order valence-electron chi connectivity index (χ0n) is 60.7. The largest absolute Gasteiger partial charge is 0.311 e. The van der Waals surface area contributed by atoms with E-state index in [-0.39, 0.29) is 5.41 Å². The number of fused-ring (bicyclic) bond motifs is 9. The van der Waals surface area contributed by atoms with Crippen LogP contribution >= 0.6 is 0 Å². The van der Waals surface area contributed by atoms with E-state index in [0.717, 1.165) is 39.8 Å². The Morgan fingerprint density at radius 3 is 0.844 bits per heavy atom. The SMILES string of the molecule is CC1(C)c2ccccc2-c2ccc(N(c3ccc(-c4ccccc4)cc3)c3ccc(-c4ccc5c(c4)c4ccccc4n5-c4ccccc4)cc3)cc21.c1ccc(-c2ccc(N(c3ccc(-c4ccccc4)cc3)c3ccc(-c4ccc5c(c4)c4ccccc4n5-c4ccc(-c5ccccc5)cc4)cc3)cc2)cc1. The number of benzene rings is 17. The highest BCUT2D eigenvalue weighted by atomic mass is 15.1. The quantitative estimate of drug-likeness (QED) is 0.108. The Morgan fingerprint density at radius 2 is 0.450 bits per heavy atom. The van der Waals surface area contributed by atoms with Crippen LogP contribution in [0.25, 0.3) is 133 Å². The topological polar surface area (TPSA) is 16.3 Å². The van der Waals surface area contributed by atoms with E-state index in [2.05, 4.69) is 457 Å². The molecule has 4 nitrogen and oxygen atoms in total. The van der Waals surface area contributed by atoms with E-state index >= 15 is 0 Å². The Labute approximate surface area is 636 Å². The molecule has 0 radical (unpaired) electrons. The summed E-state index contributed by atoms with van der Waals surface area (Å²) in [6.07, 6.45) is 0. The number of hydrogen-bond acceptors (Lipinski definition) is 2. The van der Waals surface area contributed by atoms with Crippen molar-refractivity contribution in [2.45, 2.75) is 19.3 Å². The first-order valence-electron chi connectivity index (χ1n) is 37.6. The van der Waals surface area contributed by atoms with Gasteiger partial charge in [0.2, 0.25) is 0 Å². The predicted molar refractivity (Wildman–Crippen MR) is 461 cm³/mol. The molecular formula is C105H76N4. The van der Waals surface area contributed by atoms with E-state index in [1.54, 1.807) is 0 Å². The molecule has 0 amide bonds. The second-order valence-corrected chi connectivity index (χ2v) is 28.8. The molecule has 0 unspecified atom stereocenters. The van der Waals surface area contributed by atoms with Crippen molar-refractivity contribution in [2.24, 2.45) is 0 Å². The van der Waals surface area contributed by atoms with E-state index in [1.165, 1.54) is 138 Å². The minimum atomic E-state index is -0.0864. The fourth-order valence-corrected chi connectivity index (χ4v) is 16.5. The maximum atomic E-state index is 2.41. The van der Waals surface area contributed by atoms with E-state index in [0.29, 0.717) is 0 Å². The molecule has 20 rings (SSSR count). The van der Waals surface area contributed by atoms with Gasteiger partial charge in [-0.25, -0.2) is 0 Å². The average Bonchev–Trinajstić information content (AvgIpc) is 1.61. The lowest BCUT2D eigenvalue weighted by Crippen LogP contribution is -2.16. The molecule has 0 fully saturated rings. The summed E-state index contributed by atoms with van der Waals surface area (Å²) in [7, 11) is 0. The molecule has 0 saturated heterocycles. The lowest BCUT2D eigenvalue weighted by molar-refractivity contribution is 0.660. The Morgan fingerprint density at radius 1 is 0.183 bits per heavy atom. The fraction of sp³-hybridized carbons (Fsp3) is 0.0286. The fourth-order valence-electron chi connectivity index (χ4n) is 16.5. The molecule has 0 N–H and O–H groups in total. The normalized spacial score (nSPS) is 12.0. The van der Waals surface area contributed by atoms with Crippen molar-refractivity contribution in [2.75, 3.05) is 9.80 Å². The van der Waals surface area contributed by atoms with Gasteiger partial charge in [-0.1, -0.05) is 305 Å². The van der Waals surface area contributed by atoms with Crippen LogP contribution in [0, 0.1) is 0 Å². The third kappa shape index (κ3) is 12.3. The Hall–Kier alpha value is -14.1. The molecule has 0 aliphatic heterocycles. The van der Waals surface area contributed by atoms with Gasteiger partial charge in [-0.2, -0.15) is 0 Å². The molecule has 2 aromatic heterocycles. The highest BCUT2D eigenvalue weighted by Gasteiger charge is 2.36. The van der Waals surface area contributed by atoms with E-state index in [1.807, 2.05) is 0 Å². The van der Waals surface area contributed by atoms with Crippen LogP contribution < -0.4 is 9.80 Å². The van der Waals surface area contributed by atoms with Crippen LogP contribution in [0.1, 0.15) is 25.0 Å². The van der Waals surface area contributed by atoms with Crippen LogP contribution in [0.5, 0.6) is 0 Å². The number of para-hydroxylation sites is 3. The van der Waals surface area contributed by atoms with Gasteiger partial charge in [0.05, 0.1) is 22.1 Å². The van der Waals surface area contributed by atoms with Crippen molar-refractivity contribution in [3.05, 3.63) is 436 Å². The van der Waals surface area contributed by atoms with E-state index < -0.39 is 0 Å². The summed E-state index contributed by atoms with van der Waals surface area (Å²) in [6, 6.07) is 154. The van der Waals surface area contributed by atoms with Gasteiger partial charge in [0.15, 0.2) is 0 Å². The number of anilines is 6. The summed E-state index contributed by atoms with van der Waals surface area (Å²) >= 11 is 0. The molecule has 19 aromatic rings. The van der Waals surface area contributed by atoms with Gasteiger partial charge in [-0.05, 0) is 222 Å². The van der Waals surface area contributed by atoms with Crippen molar-refractivity contribution in [1.29, 1.82) is 0 Å². The van der Waals surface area contributed by atoms with Crippen LogP contribution in [-0.4, -0.2) is 9.13 Å². The summed E-state index contributed by atoms with van der Waals surface area (Å²) in [5.41, 5.74) is 33.7. The monoisotopic (exact) mass is 1390 g/mol. The van der Waals surface area contributed by atoms with Crippen molar-refractivity contribution in [3.8, 4) is 89.3 Å². The van der Waals surface area contributed by atoms with Gasteiger partial charge < -0.3 is 18.9 Å². The molecule has 1 aliphatic rings. The van der Waals surface area contributed by atoms with Crippen LogP contribution in [0.4, 0.5) is 34.1 Å². The number of nitrogens with zero attached hydrogens (tertiary/aromatic N) is 4. The van der Waals surface area contributed by atoms with Crippen molar-refractivity contribution in [1.82, 2.24) is 9.13 Å². The Kier molecular flexibility index (Phi) is 16.9. The molecule has 0 atom stereocenters. The Bertz CT molecular complexity index is 6380. The van der Waals surface area contributed by atoms with Crippen molar-refractivity contribution >= 4 is 77.7 Å². The lowest BCUT2D eigenvalue weighted by atomic mass is 9.82. The first-order chi connectivity index (χ1) is 53.8. The zero-order valence-corrected chi connectivity index (χ0v) is 60.7. The summed E-state index contributed by atoms with van der Waals surface area (Å²) in [5, 5.41) is 5.01. The first kappa shape index (κ1) is 65.7. The molecule has 2 heterocycles. The van der Waals surface area contributed by atoms with Gasteiger partial charge in [-0.15, -0.1) is 0 Å². The minimum absolute atomic E-state index is 0.0864. The highest BCUT2D eigenvalue weighted by Crippen LogP contribution is 2.51. The van der Waals surface area contributed by atoms with Gasteiger partial charge in [0.1, 0.15) is 0 Å². The third-order valence-electron chi connectivity index (χ3n) is 22.0. The average molecular weight is 1390 g/mol. The van der Waals surface area contributed by atoms with Gasteiger partial charge in [0.25, 0.3) is 0 Å². The molecule has 109 heavy (non-hydrogen) atoms. The lowest BCUT2D eigenvalue weighted by Gasteiger charge is -2.28. The third-order valence-corrected chi connectivity index (χ3v) is 22.0. The van der Waals surface area contributed by atoms with Crippen molar-refractivity contribution < 1.29 is 0 Å². The summed E-state index contributed by atoms with van der Waals surface area (Å²) in [5.74, 6) is 0. The van der Waals surface area contributed by atoms with Gasteiger partial charge in [0, 0.05) is 72.5 Å². The summed E-state index contributed by atoms with van der Waals surface area (Å²) in [6.45, 7) is 4.70. The number of aromatic nitrogens is 2. The van der Waals surface area contributed by atoms with Crippen molar-refractivity contribution in [3.63, 3.8) is 0 Å². The summed E-state index contributed by atoms with van der Waals surface area (Å²) < 4.78 is 4.76. The maximum absolute atomic E-state index is 2.41. The zero-order chi connectivity index (χ0) is 72.8. The van der Waals surface area contributed by atoms with Crippen LogP contribution in [0.3, 0.4) is 0 Å². The molecule has 17 aromatic carbocycles. The molecule has 0 saturated carbocycles. The van der Waals surface area contributed by atoms with Gasteiger partial charge >= 0.3 is 0 Å². The number of hydrogen-bond donors (Lipinski definition) is 0. The maximum Gasteiger partial charge on any atom is 0.0541 e. The van der Waals surface area contributed by atoms with E-state index in [9.17, 15) is 0 Å². The highest BCUT2D eigenvalue weighted by molar-refractivity contribution is 6.12. The molecule has 4 heteroatoms. The molecule has 516 valence electrons. The standard InChI is InChI=1S/C54H38N2.C51H38N2/c1-4-12-39(13-5-1)42-20-29-47(30-21-42)55(48-31-22-43(23-32-48)40-14-6-2-7-15-40)49-33-26-45(27-34-49)46-28-37-54-52(38-46)51-18-10-11-19-53(51)56(54)50-35-24-44(25-36-50)41-16-8-3-9-17-41;1-51(2)47-19-11-9-17-43(47)44-31-30-42(34-48(44)51)52(40-26-21-36(22-27-40)35-13-5-3-6-14-35)41-28-23-37(24-29-41)38-25-32-50-46(33-38)45-18-10-12-20-49(45)53(50)39-15-7-4-8-16-39/h1-38H;3-34H,1-2H3. The predicted octanol–water partition coefficient (Wildman–Crippen LogP) is 28.8. The molecule has 0 bridgehead atoms. The second kappa shape index (κ2) is 28.1. The minimum Gasteiger partial charge on any atom is -0.311 e. The van der Waals surface area contributed by atoms with Crippen LogP contribution in [0.15, 0.2) is 425 Å².